The summed E-state index contributed by atoms with van der Waals surface area (Å²) in [5.41, 5.74) is 0.296. The third-order valence-electron chi connectivity index (χ3n) is 5.42. The second kappa shape index (κ2) is 10.1. The van der Waals surface area contributed by atoms with Crippen LogP contribution >= 0.6 is 0 Å². The second-order valence-electron chi connectivity index (χ2n) is 8.01. The first-order valence-corrected chi connectivity index (χ1v) is 10.4. The predicted molar refractivity (Wildman–Crippen MR) is 115 cm³/mol. The Morgan fingerprint density at radius 1 is 1.06 bits per heavy atom. The van der Waals surface area contributed by atoms with Crippen molar-refractivity contribution in [2.75, 3.05) is 18.4 Å². The molecule has 1 saturated heterocycles. The van der Waals surface area contributed by atoms with E-state index in [9.17, 15) is 18.8 Å². The van der Waals surface area contributed by atoms with E-state index in [4.69, 9.17) is 0 Å². The summed E-state index contributed by atoms with van der Waals surface area (Å²) in [6.45, 7) is 4.60. The summed E-state index contributed by atoms with van der Waals surface area (Å²) in [4.78, 5) is 43.8. The minimum atomic E-state index is -0.698. The molecule has 8 heteroatoms. The van der Waals surface area contributed by atoms with Gasteiger partial charge in [-0.2, -0.15) is 0 Å². The Kier molecular flexibility index (Phi) is 7.33. The van der Waals surface area contributed by atoms with Gasteiger partial charge >= 0.3 is 0 Å². The van der Waals surface area contributed by atoms with Crippen LogP contribution in [0.2, 0.25) is 0 Å². The maximum absolute atomic E-state index is 13.1. The minimum Gasteiger partial charge on any atom is -0.341 e. The van der Waals surface area contributed by atoms with Gasteiger partial charge in [0.25, 0.3) is 5.91 Å². The standard InChI is InChI=1S/C23H27FN4O3/c1-15(2)20(27-22(30)16-6-8-18(24)9-7-16)23(31)28-13-10-17(11-14-28)21(29)26-19-5-3-4-12-25-19/h3-9,12,15,17,20H,10-11,13-14H2,1-2H3,(H,27,30)(H,25,26,29). The van der Waals surface area contributed by atoms with Crippen molar-refractivity contribution in [3.05, 3.63) is 60.0 Å². The number of halogens is 1. The number of aromatic nitrogens is 1. The first-order chi connectivity index (χ1) is 14.8. The van der Waals surface area contributed by atoms with Gasteiger partial charge in [-0.3, -0.25) is 14.4 Å². The Hall–Kier alpha value is -3.29. The molecule has 2 N–H and O–H groups in total. The van der Waals surface area contributed by atoms with Gasteiger partial charge in [0, 0.05) is 30.8 Å². The fraction of sp³-hybridized carbons (Fsp3) is 0.391. The molecule has 1 aliphatic rings. The number of nitrogens with zero attached hydrogens (tertiary/aromatic N) is 2. The Morgan fingerprint density at radius 2 is 1.74 bits per heavy atom. The lowest BCUT2D eigenvalue weighted by atomic mass is 9.94. The fourth-order valence-electron chi connectivity index (χ4n) is 3.56. The molecule has 0 spiro atoms. The smallest absolute Gasteiger partial charge is 0.251 e. The molecule has 31 heavy (non-hydrogen) atoms. The van der Waals surface area contributed by atoms with Crippen LogP contribution in [0.4, 0.5) is 10.2 Å². The largest absolute Gasteiger partial charge is 0.341 e. The number of carbonyl (C=O) groups is 3. The van der Waals surface area contributed by atoms with Gasteiger partial charge < -0.3 is 15.5 Å². The van der Waals surface area contributed by atoms with E-state index in [1.807, 2.05) is 13.8 Å². The number of hydrogen-bond acceptors (Lipinski definition) is 4. The molecular formula is C23H27FN4O3. The Balaban J connectivity index is 1.56. The van der Waals surface area contributed by atoms with Crippen molar-refractivity contribution >= 4 is 23.5 Å². The molecule has 0 aliphatic carbocycles. The average molecular weight is 426 g/mol. The molecule has 0 bridgehead atoms. The van der Waals surface area contributed by atoms with Crippen molar-refractivity contribution in [3.8, 4) is 0 Å². The van der Waals surface area contributed by atoms with Crippen LogP contribution in [0.25, 0.3) is 0 Å². The monoisotopic (exact) mass is 426 g/mol. The van der Waals surface area contributed by atoms with Gasteiger partial charge in [-0.1, -0.05) is 19.9 Å². The maximum atomic E-state index is 13.1. The minimum absolute atomic E-state index is 0.101. The zero-order valence-corrected chi connectivity index (χ0v) is 17.7. The van der Waals surface area contributed by atoms with E-state index in [1.165, 1.54) is 24.3 Å². The molecule has 1 aromatic heterocycles. The molecule has 164 valence electrons. The van der Waals surface area contributed by atoms with E-state index in [-0.39, 0.29) is 23.7 Å². The highest BCUT2D eigenvalue weighted by atomic mass is 19.1. The van der Waals surface area contributed by atoms with Crippen molar-refractivity contribution in [1.29, 1.82) is 0 Å². The highest BCUT2D eigenvalue weighted by Gasteiger charge is 2.33. The molecule has 2 aromatic rings. The summed E-state index contributed by atoms with van der Waals surface area (Å²) in [5, 5.41) is 5.58. The number of rotatable bonds is 6. The van der Waals surface area contributed by atoms with E-state index in [1.54, 1.807) is 29.3 Å². The number of pyridine rings is 1. The van der Waals surface area contributed by atoms with Crippen LogP contribution in [-0.2, 0) is 9.59 Å². The quantitative estimate of drug-likeness (QED) is 0.743. The number of hydrogen-bond donors (Lipinski definition) is 2. The lowest BCUT2D eigenvalue weighted by Crippen LogP contribution is -2.53. The number of anilines is 1. The van der Waals surface area contributed by atoms with Gasteiger partial charge in [-0.25, -0.2) is 9.37 Å². The predicted octanol–water partition coefficient (Wildman–Crippen LogP) is 2.85. The van der Waals surface area contributed by atoms with Crippen molar-refractivity contribution in [2.24, 2.45) is 11.8 Å². The van der Waals surface area contributed by atoms with Gasteiger partial charge in [-0.15, -0.1) is 0 Å². The Morgan fingerprint density at radius 3 is 2.32 bits per heavy atom. The fourth-order valence-corrected chi connectivity index (χ4v) is 3.56. The van der Waals surface area contributed by atoms with Crippen LogP contribution in [0.3, 0.4) is 0 Å². The number of benzene rings is 1. The number of piperidine rings is 1. The summed E-state index contributed by atoms with van der Waals surface area (Å²) < 4.78 is 13.1. The molecule has 1 fully saturated rings. The molecule has 7 nitrogen and oxygen atoms in total. The number of nitrogens with one attached hydrogen (secondary N) is 2. The van der Waals surface area contributed by atoms with Crippen molar-refractivity contribution < 1.29 is 18.8 Å². The summed E-state index contributed by atoms with van der Waals surface area (Å²) in [5.74, 6) is -0.932. The molecular weight excluding hydrogens is 399 g/mol. The molecule has 3 rings (SSSR count). The van der Waals surface area contributed by atoms with Crippen LogP contribution in [0.15, 0.2) is 48.7 Å². The lowest BCUT2D eigenvalue weighted by Gasteiger charge is -2.35. The molecule has 1 aliphatic heterocycles. The number of carbonyl (C=O) groups excluding carboxylic acids is 3. The molecule has 0 saturated carbocycles. The summed E-state index contributed by atoms with van der Waals surface area (Å²) >= 11 is 0. The van der Waals surface area contributed by atoms with Gasteiger partial charge in [-0.05, 0) is 55.2 Å². The van der Waals surface area contributed by atoms with Crippen LogP contribution in [0, 0.1) is 17.7 Å². The van der Waals surface area contributed by atoms with E-state index < -0.39 is 17.8 Å². The highest BCUT2D eigenvalue weighted by molar-refractivity contribution is 5.97. The maximum Gasteiger partial charge on any atom is 0.251 e. The van der Waals surface area contributed by atoms with Gasteiger partial charge in [0.15, 0.2) is 0 Å². The van der Waals surface area contributed by atoms with E-state index in [0.29, 0.717) is 37.3 Å². The topological polar surface area (TPSA) is 91.4 Å². The van der Waals surface area contributed by atoms with Gasteiger partial charge in [0.2, 0.25) is 11.8 Å². The second-order valence-corrected chi connectivity index (χ2v) is 8.01. The SMILES string of the molecule is CC(C)C(NC(=O)c1ccc(F)cc1)C(=O)N1CCC(C(=O)Nc2ccccn2)CC1. The van der Waals surface area contributed by atoms with E-state index in [0.717, 1.165) is 0 Å². The number of amides is 3. The number of likely N-dealkylation sites (tertiary alicyclic amines) is 1. The molecule has 2 heterocycles. The first kappa shape index (κ1) is 22.4. The van der Waals surface area contributed by atoms with E-state index >= 15 is 0 Å². The normalized spacial score (nSPS) is 15.4. The zero-order valence-electron chi connectivity index (χ0n) is 17.7. The Bertz CT molecular complexity index is 910. The summed E-state index contributed by atoms with van der Waals surface area (Å²) in [7, 11) is 0. The van der Waals surface area contributed by atoms with Crippen molar-refractivity contribution in [3.63, 3.8) is 0 Å². The first-order valence-electron chi connectivity index (χ1n) is 10.4. The molecule has 1 atom stereocenters. The summed E-state index contributed by atoms with van der Waals surface area (Å²) in [6, 6.07) is 9.81. The van der Waals surface area contributed by atoms with Crippen molar-refractivity contribution in [2.45, 2.75) is 32.7 Å². The average Bonchev–Trinajstić information content (AvgIpc) is 2.78. The van der Waals surface area contributed by atoms with Gasteiger partial charge in [0.1, 0.15) is 17.7 Å². The molecule has 3 amide bonds. The lowest BCUT2D eigenvalue weighted by molar-refractivity contribution is -0.137. The third-order valence-corrected chi connectivity index (χ3v) is 5.42. The van der Waals surface area contributed by atoms with Gasteiger partial charge in [0.05, 0.1) is 0 Å². The Labute approximate surface area is 181 Å². The molecule has 1 unspecified atom stereocenters. The third kappa shape index (κ3) is 5.87. The van der Waals surface area contributed by atoms with Crippen LogP contribution < -0.4 is 10.6 Å². The van der Waals surface area contributed by atoms with E-state index in [2.05, 4.69) is 15.6 Å². The van der Waals surface area contributed by atoms with Crippen LogP contribution in [-0.4, -0.2) is 46.7 Å². The highest BCUT2D eigenvalue weighted by Crippen LogP contribution is 2.21. The molecule has 1 aromatic carbocycles. The van der Waals surface area contributed by atoms with Crippen LogP contribution in [0.5, 0.6) is 0 Å². The van der Waals surface area contributed by atoms with Crippen molar-refractivity contribution in [1.82, 2.24) is 15.2 Å². The molecule has 0 radical (unpaired) electrons. The summed E-state index contributed by atoms with van der Waals surface area (Å²) in [6.07, 6.45) is 2.70. The van der Waals surface area contributed by atoms with Crippen LogP contribution in [0.1, 0.15) is 37.0 Å². The zero-order chi connectivity index (χ0) is 22.4.